The zero-order chi connectivity index (χ0) is 20.8. The van der Waals surface area contributed by atoms with Crippen LogP contribution < -0.4 is 11.1 Å². The molecular formula is C20H24N6O2S. The molecule has 29 heavy (non-hydrogen) atoms. The number of nitrogens with zero attached hydrogens (tertiary/aromatic N) is 4. The minimum absolute atomic E-state index is 0.0273. The van der Waals surface area contributed by atoms with Crippen LogP contribution in [0.4, 0.5) is 11.4 Å². The molecule has 0 saturated carbocycles. The molecule has 1 aliphatic rings. The maximum Gasteiger partial charge on any atom is 0.265 e. The first-order valence-electron chi connectivity index (χ1n) is 9.54. The maximum atomic E-state index is 13.0. The molecule has 0 bridgehead atoms. The average molecular weight is 413 g/mol. The van der Waals surface area contributed by atoms with Crippen LogP contribution in [0.2, 0.25) is 0 Å². The largest absolute Gasteiger partial charge is 0.387 e. The number of hydrogen-bond acceptors (Lipinski definition) is 7. The summed E-state index contributed by atoms with van der Waals surface area (Å²) in [5.74, 6) is 0.0459. The zero-order valence-corrected chi connectivity index (χ0v) is 17.3. The maximum absolute atomic E-state index is 13.0. The van der Waals surface area contributed by atoms with E-state index in [1.165, 1.54) is 30.1 Å². The van der Waals surface area contributed by atoms with E-state index < -0.39 is 0 Å². The highest BCUT2D eigenvalue weighted by Gasteiger charge is 2.23. The molecule has 2 amide bonds. The third kappa shape index (κ3) is 5.05. The number of nitrogens with one attached hydrogen (secondary N) is 1. The van der Waals surface area contributed by atoms with Crippen molar-refractivity contribution in [3.63, 3.8) is 0 Å². The van der Waals surface area contributed by atoms with Crippen molar-refractivity contribution < 1.29 is 9.59 Å². The SMILES string of the molecule is CCCN(CCC)C(=O)C1=Cc2sc(C(=O)Nc3cncnc3)cc2N=C(N)C1. The van der Waals surface area contributed by atoms with Gasteiger partial charge < -0.3 is 16.0 Å². The molecule has 3 heterocycles. The van der Waals surface area contributed by atoms with Gasteiger partial charge in [0.25, 0.3) is 5.91 Å². The first-order valence-corrected chi connectivity index (χ1v) is 10.4. The molecule has 0 radical (unpaired) electrons. The van der Waals surface area contributed by atoms with Crippen molar-refractivity contribution >= 4 is 46.4 Å². The number of thiophene rings is 1. The average Bonchev–Trinajstić information content (AvgIpc) is 3.02. The first kappa shape index (κ1) is 20.7. The van der Waals surface area contributed by atoms with E-state index in [-0.39, 0.29) is 11.8 Å². The quantitative estimate of drug-likeness (QED) is 0.725. The highest BCUT2D eigenvalue weighted by atomic mass is 32.1. The third-order valence-electron chi connectivity index (χ3n) is 4.27. The van der Waals surface area contributed by atoms with Gasteiger partial charge in [0, 0.05) is 25.1 Å². The zero-order valence-electron chi connectivity index (χ0n) is 16.5. The Morgan fingerprint density at radius 2 is 1.90 bits per heavy atom. The number of carbonyl (C=O) groups is 2. The minimum atomic E-state index is -0.286. The normalized spacial score (nSPS) is 13.0. The van der Waals surface area contributed by atoms with E-state index in [2.05, 4.69) is 20.3 Å². The van der Waals surface area contributed by atoms with Crippen molar-refractivity contribution in [2.45, 2.75) is 33.1 Å². The minimum Gasteiger partial charge on any atom is -0.387 e. The second-order valence-electron chi connectivity index (χ2n) is 6.68. The molecule has 0 spiro atoms. The first-order chi connectivity index (χ1) is 14.0. The summed E-state index contributed by atoms with van der Waals surface area (Å²) in [6.45, 7) is 5.50. The Bertz CT molecular complexity index is 945. The Kier molecular flexibility index (Phi) is 6.71. The van der Waals surface area contributed by atoms with E-state index in [9.17, 15) is 9.59 Å². The molecule has 0 aromatic carbocycles. The Morgan fingerprint density at radius 3 is 2.55 bits per heavy atom. The molecule has 3 rings (SSSR count). The predicted molar refractivity (Wildman–Crippen MR) is 115 cm³/mol. The number of aliphatic imine (C=N–C) groups is 1. The van der Waals surface area contributed by atoms with E-state index in [0.717, 1.165) is 17.7 Å². The highest BCUT2D eigenvalue weighted by molar-refractivity contribution is 7.15. The van der Waals surface area contributed by atoms with Crippen LogP contribution >= 0.6 is 11.3 Å². The van der Waals surface area contributed by atoms with Crippen LogP contribution in [-0.4, -0.2) is 45.6 Å². The summed E-state index contributed by atoms with van der Waals surface area (Å²) in [6.07, 6.45) is 8.32. The van der Waals surface area contributed by atoms with Crippen LogP contribution in [0.15, 0.2) is 35.4 Å². The Hall–Kier alpha value is -3.07. The van der Waals surface area contributed by atoms with Gasteiger partial charge in [-0.1, -0.05) is 13.8 Å². The number of amides is 2. The third-order valence-corrected chi connectivity index (χ3v) is 5.34. The standard InChI is InChI=1S/C20H24N6O2S/c1-3-5-26(6-4-2)20(28)13-7-16-15(25-18(21)8-13)9-17(29-16)19(27)24-14-10-22-12-23-11-14/h7,9-12H,3-6,8H2,1-2H3,(H2,21,25)(H,24,27). The van der Waals surface area contributed by atoms with Gasteiger partial charge in [-0.15, -0.1) is 11.3 Å². The number of anilines is 1. The van der Waals surface area contributed by atoms with Crippen LogP contribution in [-0.2, 0) is 4.79 Å². The van der Waals surface area contributed by atoms with Crippen LogP contribution in [0.25, 0.3) is 6.08 Å². The molecule has 2 aromatic heterocycles. The fourth-order valence-corrected chi connectivity index (χ4v) is 4.01. The molecule has 8 nitrogen and oxygen atoms in total. The van der Waals surface area contributed by atoms with Gasteiger partial charge >= 0.3 is 0 Å². The van der Waals surface area contributed by atoms with Crippen molar-refractivity contribution in [3.8, 4) is 0 Å². The van der Waals surface area contributed by atoms with Crippen LogP contribution in [0.1, 0.15) is 47.7 Å². The number of hydrogen-bond donors (Lipinski definition) is 2. The topological polar surface area (TPSA) is 114 Å². The van der Waals surface area contributed by atoms with E-state index in [4.69, 9.17) is 5.73 Å². The van der Waals surface area contributed by atoms with Gasteiger partial charge in [0.2, 0.25) is 5.91 Å². The van der Waals surface area contributed by atoms with E-state index in [1.54, 1.807) is 6.07 Å². The summed E-state index contributed by atoms with van der Waals surface area (Å²) in [5, 5.41) is 2.75. The predicted octanol–water partition coefficient (Wildman–Crippen LogP) is 3.21. The summed E-state index contributed by atoms with van der Waals surface area (Å²) in [4.78, 5) is 40.8. The second kappa shape index (κ2) is 9.42. The molecular weight excluding hydrogens is 388 g/mol. The van der Waals surface area contributed by atoms with Gasteiger partial charge in [-0.3, -0.25) is 9.59 Å². The Balaban J connectivity index is 1.87. The lowest BCUT2D eigenvalue weighted by Crippen LogP contribution is -2.34. The van der Waals surface area contributed by atoms with Gasteiger partial charge in [-0.25, -0.2) is 15.0 Å². The van der Waals surface area contributed by atoms with E-state index in [0.29, 0.717) is 47.2 Å². The van der Waals surface area contributed by atoms with Gasteiger partial charge in [0.05, 0.1) is 33.5 Å². The molecule has 9 heteroatoms. The van der Waals surface area contributed by atoms with Crippen molar-refractivity contribution in [1.29, 1.82) is 0 Å². The molecule has 3 N–H and O–H groups in total. The number of amidine groups is 1. The van der Waals surface area contributed by atoms with Crippen molar-refractivity contribution in [2.75, 3.05) is 18.4 Å². The summed E-state index contributed by atoms with van der Waals surface area (Å²) < 4.78 is 0. The van der Waals surface area contributed by atoms with Crippen LogP contribution in [0.5, 0.6) is 0 Å². The van der Waals surface area contributed by atoms with Gasteiger partial charge in [0.1, 0.15) is 12.2 Å². The lowest BCUT2D eigenvalue weighted by molar-refractivity contribution is -0.127. The second-order valence-corrected chi connectivity index (χ2v) is 7.77. The van der Waals surface area contributed by atoms with Crippen LogP contribution in [0, 0.1) is 0 Å². The monoisotopic (exact) mass is 412 g/mol. The summed E-state index contributed by atoms with van der Waals surface area (Å²) in [7, 11) is 0. The number of carbonyl (C=O) groups excluding carboxylic acids is 2. The highest BCUT2D eigenvalue weighted by Crippen LogP contribution is 2.35. The molecule has 2 aromatic rings. The Labute approximate surface area is 173 Å². The molecule has 0 aliphatic carbocycles. The molecule has 0 unspecified atom stereocenters. The van der Waals surface area contributed by atoms with Crippen molar-refractivity contribution in [1.82, 2.24) is 14.9 Å². The fourth-order valence-electron chi connectivity index (χ4n) is 3.05. The molecule has 152 valence electrons. The molecule has 0 fully saturated rings. The smallest absolute Gasteiger partial charge is 0.265 e. The van der Waals surface area contributed by atoms with Gasteiger partial charge in [-0.2, -0.15) is 0 Å². The summed E-state index contributed by atoms with van der Waals surface area (Å²) in [6, 6.07) is 1.69. The van der Waals surface area contributed by atoms with E-state index in [1.807, 2.05) is 24.8 Å². The summed E-state index contributed by atoms with van der Waals surface area (Å²) >= 11 is 1.28. The molecule has 1 aliphatic heterocycles. The fraction of sp³-hybridized carbons (Fsp3) is 0.350. The lowest BCUT2D eigenvalue weighted by Gasteiger charge is -2.22. The van der Waals surface area contributed by atoms with Crippen LogP contribution in [0.3, 0.4) is 0 Å². The summed E-state index contributed by atoms with van der Waals surface area (Å²) in [5.41, 5.74) is 7.76. The number of fused-ring (bicyclic) bond motifs is 1. The molecule has 0 saturated heterocycles. The number of nitrogens with two attached hydrogens (primary N) is 1. The van der Waals surface area contributed by atoms with Crippen molar-refractivity contribution in [2.24, 2.45) is 10.7 Å². The van der Waals surface area contributed by atoms with Crippen molar-refractivity contribution in [3.05, 3.63) is 40.1 Å². The lowest BCUT2D eigenvalue weighted by atomic mass is 10.1. The molecule has 0 atom stereocenters. The number of aromatic nitrogens is 2. The van der Waals surface area contributed by atoms with Gasteiger partial charge in [0.15, 0.2) is 0 Å². The Morgan fingerprint density at radius 1 is 1.21 bits per heavy atom. The van der Waals surface area contributed by atoms with E-state index >= 15 is 0 Å². The number of rotatable bonds is 7. The van der Waals surface area contributed by atoms with Gasteiger partial charge in [-0.05, 0) is 25.0 Å².